The van der Waals surface area contributed by atoms with Crippen LogP contribution in [0.3, 0.4) is 0 Å². The van der Waals surface area contributed by atoms with E-state index in [4.69, 9.17) is 16.3 Å². The van der Waals surface area contributed by atoms with Crippen LogP contribution in [0, 0.1) is 5.92 Å². The molecule has 1 N–H and O–H groups in total. The summed E-state index contributed by atoms with van der Waals surface area (Å²) >= 11 is 5.83. The molecule has 3 rings (SSSR count). The third kappa shape index (κ3) is 4.13. The Labute approximate surface area is 140 Å². The molecule has 1 saturated heterocycles. The van der Waals surface area contributed by atoms with Crippen molar-refractivity contribution in [2.24, 2.45) is 5.92 Å². The largest absolute Gasteiger partial charge is 0.439 e. The van der Waals surface area contributed by atoms with Gasteiger partial charge >= 0.3 is 6.03 Å². The molecular weight excluding hydrogens is 314 g/mol. The summed E-state index contributed by atoms with van der Waals surface area (Å²) in [6.45, 7) is 3.76. The molecule has 0 radical (unpaired) electrons. The second-order valence-corrected chi connectivity index (χ2v) is 6.15. The Morgan fingerprint density at radius 2 is 2.09 bits per heavy atom. The summed E-state index contributed by atoms with van der Waals surface area (Å²) < 4.78 is 5.61. The summed E-state index contributed by atoms with van der Waals surface area (Å²) in [7, 11) is 0. The van der Waals surface area contributed by atoms with E-state index in [1.165, 1.54) is 0 Å². The molecule has 1 aromatic carbocycles. The smallest absolute Gasteiger partial charge is 0.321 e. The standard InChI is InChI=1S/C17H18ClN3O2/c1-12-8-9-21(11-12)17(22)20-14-4-7-16(19-10-14)23-15-5-2-13(18)3-6-15/h2-7,10,12H,8-9,11H2,1H3,(H,20,22). The lowest BCUT2D eigenvalue weighted by Crippen LogP contribution is -2.32. The number of benzene rings is 1. The summed E-state index contributed by atoms with van der Waals surface area (Å²) in [6, 6.07) is 10.5. The van der Waals surface area contributed by atoms with Crippen LogP contribution in [0.2, 0.25) is 5.02 Å². The van der Waals surface area contributed by atoms with Crippen LogP contribution in [0.5, 0.6) is 11.6 Å². The summed E-state index contributed by atoms with van der Waals surface area (Å²) in [5, 5.41) is 3.51. The number of nitrogens with zero attached hydrogens (tertiary/aromatic N) is 2. The average Bonchev–Trinajstić information content (AvgIpc) is 2.98. The number of aromatic nitrogens is 1. The zero-order chi connectivity index (χ0) is 16.2. The maximum Gasteiger partial charge on any atom is 0.321 e. The van der Waals surface area contributed by atoms with Crippen LogP contribution in [0.15, 0.2) is 42.6 Å². The van der Waals surface area contributed by atoms with Gasteiger partial charge in [-0.25, -0.2) is 9.78 Å². The number of carbonyl (C=O) groups excluding carboxylic acids is 1. The van der Waals surface area contributed by atoms with Gasteiger partial charge in [-0.2, -0.15) is 0 Å². The van der Waals surface area contributed by atoms with Crippen molar-refractivity contribution >= 4 is 23.3 Å². The molecule has 2 aromatic rings. The predicted molar refractivity (Wildman–Crippen MR) is 90.1 cm³/mol. The van der Waals surface area contributed by atoms with Crippen molar-refractivity contribution in [2.45, 2.75) is 13.3 Å². The van der Waals surface area contributed by atoms with Crippen molar-refractivity contribution < 1.29 is 9.53 Å². The Morgan fingerprint density at radius 1 is 1.30 bits per heavy atom. The Morgan fingerprint density at radius 3 is 2.70 bits per heavy atom. The van der Waals surface area contributed by atoms with Gasteiger partial charge in [0.2, 0.25) is 5.88 Å². The first-order valence-electron chi connectivity index (χ1n) is 7.55. The number of amides is 2. The van der Waals surface area contributed by atoms with E-state index >= 15 is 0 Å². The van der Waals surface area contributed by atoms with E-state index in [1.807, 2.05) is 4.90 Å². The number of hydrogen-bond acceptors (Lipinski definition) is 3. The summed E-state index contributed by atoms with van der Waals surface area (Å²) in [6.07, 6.45) is 2.64. The zero-order valence-corrected chi connectivity index (χ0v) is 13.6. The van der Waals surface area contributed by atoms with Gasteiger partial charge in [0.05, 0.1) is 11.9 Å². The maximum atomic E-state index is 12.1. The quantitative estimate of drug-likeness (QED) is 0.906. The fourth-order valence-electron chi connectivity index (χ4n) is 2.46. The molecule has 1 aromatic heterocycles. The summed E-state index contributed by atoms with van der Waals surface area (Å²) in [5.41, 5.74) is 0.651. The monoisotopic (exact) mass is 331 g/mol. The van der Waals surface area contributed by atoms with E-state index in [0.717, 1.165) is 19.5 Å². The molecule has 0 aliphatic carbocycles. The number of carbonyl (C=O) groups is 1. The highest BCUT2D eigenvalue weighted by molar-refractivity contribution is 6.30. The molecule has 5 nitrogen and oxygen atoms in total. The molecule has 0 spiro atoms. The van der Waals surface area contributed by atoms with Crippen LogP contribution in [-0.4, -0.2) is 29.0 Å². The second kappa shape index (κ2) is 6.87. The lowest BCUT2D eigenvalue weighted by Gasteiger charge is -2.16. The molecule has 1 aliphatic heterocycles. The fourth-order valence-corrected chi connectivity index (χ4v) is 2.59. The number of likely N-dealkylation sites (tertiary alicyclic amines) is 1. The molecular formula is C17H18ClN3O2. The molecule has 23 heavy (non-hydrogen) atoms. The molecule has 6 heteroatoms. The first-order valence-corrected chi connectivity index (χ1v) is 7.93. The Hall–Kier alpha value is -2.27. The number of rotatable bonds is 3. The highest BCUT2D eigenvalue weighted by atomic mass is 35.5. The summed E-state index contributed by atoms with van der Waals surface area (Å²) in [4.78, 5) is 18.1. The number of urea groups is 1. The van der Waals surface area contributed by atoms with Crippen LogP contribution in [0.4, 0.5) is 10.5 Å². The fraction of sp³-hybridized carbons (Fsp3) is 0.294. The number of halogens is 1. The molecule has 1 unspecified atom stereocenters. The lowest BCUT2D eigenvalue weighted by atomic mass is 10.2. The van der Waals surface area contributed by atoms with Gasteiger partial charge < -0.3 is 15.0 Å². The molecule has 0 bridgehead atoms. The molecule has 1 aliphatic rings. The minimum Gasteiger partial charge on any atom is -0.439 e. The minimum atomic E-state index is -0.0810. The number of hydrogen-bond donors (Lipinski definition) is 1. The number of ether oxygens (including phenoxy) is 1. The zero-order valence-electron chi connectivity index (χ0n) is 12.8. The van der Waals surface area contributed by atoms with Gasteiger partial charge in [0.15, 0.2) is 0 Å². The maximum absolute atomic E-state index is 12.1. The van der Waals surface area contributed by atoms with Gasteiger partial charge in [-0.3, -0.25) is 0 Å². The van der Waals surface area contributed by atoms with Gasteiger partial charge in [-0.1, -0.05) is 18.5 Å². The van der Waals surface area contributed by atoms with E-state index in [-0.39, 0.29) is 6.03 Å². The Bertz CT molecular complexity index is 673. The molecule has 0 saturated carbocycles. The first kappa shape index (κ1) is 15.6. The number of nitrogens with one attached hydrogen (secondary N) is 1. The van der Waals surface area contributed by atoms with E-state index in [9.17, 15) is 4.79 Å². The van der Waals surface area contributed by atoms with Crippen LogP contribution in [0.25, 0.3) is 0 Å². The third-order valence-corrected chi connectivity index (χ3v) is 3.99. The Balaban J connectivity index is 1.58. The van der Waals surface area contributed by atoms with Crippen LogP contribution in [-0.2, 0) is 0 Å². The van der Waals surface area contributed by atoms with E-state index in [0.29, 0.717) is 28.3 Å². The first-order chi connectivity index (χ1) is 11.1. The highest BCUT2D eigenvalue weighted by Gasteiger charge is 2.23. The van der Waals surface area contributed by atoms with Crippen molar-refractivity contribution in [3.05, 3.63) is 47.6 Å². The highest BCUT2D eigenvalue weighted by Crippen LogP contribution is 2.22. The van der Waals surface area contributed by atoms with Crippen molar-refractivity contribution in [1.82, 2.24) is 9.88 Å². The van der Waals surface area contributed by atoms with Crippen molar-refractivity contribution in [3.8, 4) is 11.6 Å². The van der Waals surface area contributed by atoms with Gasteiger partial charge in [0.1, 0.15) is 5.75 Å². The lowest BCUT2D eigenvalue weighted by molar-refractivity contribution is 0.221. The van der Waals surface area contributed by atoms with E-state index < -0.39 is 0 Å². The van der Waals surface area contributed by atoms with Crippen LogP contribution < -0.4 is 10.1 Å². The van der Waals surface area contributed by atoms with Gasteiger partial charge in [0, 0.05) is 24.2 Å². The minimum absolute atomic E-state index is 0.0810. The summed E-state index contributed by atoms with van der Waals surface area (Å²) in [5.74, 6) is 1.68. The van der Waals surface area contributed by atoms with Crippen molar-refractivity contribution in [3.63, 3.8) is 0 Å². The third-order valence-electron chi connectivity index (χ3n) is 3.73. The molecule has 1 atom stereocenters. The molecule has 1 fully saturated rings. The second-order valence-electron chi connectivity index (χ2n) is 5.71. The normalized spacial score (nSPS) is 17.1. The predicted octanol–water partition coefficient (Wildman–Crippen LogP) is 4.40. The van der Waals surface area contributed by atoms with Gasteiger partial charge in [-0.15, -0.1) is 0 Å². The van der Waals surface area contributed by atoms with Crippen molar-refractivity contribution in [1.29, 1.82) is 0 Å². The SMILES string of the molecule is CC1CCN(C(=O)Nc2ccc(Oc3ccc(Cl)cc3)nc2)C1. The van der Waals surface area contributed by atoms with Gasteiger partial charge in [0.25, 0.3) is 0 Å². The van der Waals surface area contributed by atoms with Crippen LogP contribution in [0.1, 0.15) is 13.3 Å². The van der Waals surface area contributed by atoms with E-state index in [2.05, 4.69) is 17.2 Å². The topological polar surface area (TPSA) is 54.5 Å². The molecule has 2 amide bonds. The molecule has 2 heterocycles. The Kier molecular flexibility index (Phi) is 4.67. The number of anilines is 1. The molecule has 120 valence electrons. The number of pyridine rings is 1. The van der Waals surface area contributed by atoms with Crippen LogP contribution >= 0.6 is 11.6 Å². The van der Waals surface area contributed by atoms with E-state index in [1.54, 1.807) is 42.6 Å². The van der Waals surface area contributed by atoms with Crippen molar-refractivity contribution in [2.75, 3.05) is 18.4 Å². The average molecular weight is 332 g/mol. The van der Waals surface area contributed by atoms with Gasteiger partial charge in [-0.05, 0) is 42.7 Å².